The highest BCUT2D eigenvalue weighted by atomic mass is 35.5. The molecular weight excluding hydrogens is 438 g/mol. The molecule has 0 saturated carbocycles. The van der Waals surface area contributed by atoms with Gasteiger partial charge in [-0.05, 0) is 26.9 Å². The molecule has 4 nitrogen and oxygen atoms in total. The summed E-state index contributed by atoms with van der Waals surface area (Å²) in [6.45, 7) is 4.52. The Morgan fingerprint density at radius 3 is 1.22 bits per heavy atom. The number of halogens is 1. The lowest BCUT2D eigenvalue weighted by atomic mass is 10.0. The minimum Gasteiger partial charge on any atom is -0.377 e. The fraction of sp³-hybridized carbons (Fsp3) is 1.00. The maximum atomic E-state index is 5.82. The van der Waals surface area contributed by atoms with Crippen LogP contribution in [0.3, 0.4) is 0 Å². The maximum Gasteiger partial charge on any atom is 0.505 e. The minimum absolute atomic E-state index is 0. The Kier molecular flexibility index (Phi) is 24.9. The van der Waals surface area contributed by atoms with Crippen molar-refractivity contribution in [3.63, 3.8) is 0 Å². The molecule has 6 heteroatoms. The maximum absolute atomic E-state index is 5.82. The van der Waals surface area contributed by atoms with Crippen molar-refractivity contribution in [2.75, 3.05) is 35.4 Å². The standard InChI is InChI=1S/C26H57NO3Si.ClH/c1-8-10-11-12-13-14-15-16-17-18-19-20-21-22-23-24-25(27(3)4)26(9-2)31(28-5,29-6)30-7;/h25-26H,8-24H2,1-7H3;1H. The van der Waals surface area contributed by atoms with Gasteiger partial charge < -0.3 is 18.2 Å². The van der Waals surface area contributed by atoms with Crippen molar-refractivity contribution < 1.29 is 13.3 Å². The highest BCUT2D eigenvalue weighted by molar-refractivity contribution is 6.62. The first-order valence-electron chi connectivity index (χ1n) is 13.3. The van der Waals surface area contributed by atoms with Crippen molar-refractivity contribution in [3.8, 4) is 0 Å². The Morgan fingerprint density at radius 2 is 0.938 bits per heavy atom. The fourth-order valence-corrected chi connectivity index (χ4v) is 7.85. The van der Waals surface area contributed by atoms with E-state index < -0.39 is 8.80 Å². The van der Waals surface area contributed by atoms with E-state index in [-0.39, 0.29) is 12.4 Å². The van der Waals surface area contributed by atoms with Gasteiger partial charge in [0.15, 0.2) is 0 Å². The predicted molar refractivity (Wildman–Crippen MR) is 145 cm³/mol. The third-order valence-electron chi connectivity index (χ3n) is 6.98. The molecule has 0 aliphatic rings. The van der Waals surface area contributed by atoms with Gasteiger partial charge in [-0.3, -0.25) is 0 Å². The second kappa shape index (κ2) is 23.1. The summed E-state index contributed by atoms with van der Waals surface area (Å²) >= 11 is 0. The minimum atomic E-state index is -2.62. The van der Waals surface area contributed by atoms with Crippen molar-refractivity contribution in [1.82, 2.24) is 4.90 Å². The molecule has 0 amide bonds. The Hall–Kier alpha value is 0.347. The molecule has 0 fully saturated rings. The molecule has 0 bridgehead atoms. The van der Waals surface area contributed by atoms with Crippen molar-refractivity contribution >= 4 is 21.2 Å². The molecule has 32 heavy (non-hydrogen) atoms. The normalized spacial score (nSPS) is 13.9. The summed E-state index contributed by atoms with van der Waals surface area (Å²) in [5.41, 5.74) is 0.314. The summed E-state index contributed by atoms with van der Waals surface area (Å²) in [4.78, 5) is 2.34. The molecule has 0 aliphatic carbocycles. The van der Waals surface area contributed by atoms with Gasteiger partial charge in [0.25, 0.3) is 0 Å². The highest BCUT2D eigenvalue weighted by Crippen LogP contribution is 2.35. The molecule has 2 unspecified atom stereocenters. The molecule has 0 heterocycles. The van der Waals surface area contributed by atoms with Crippen LogP contribution in [-0.4, -0.2) is 55.2 Å². The number of hydrogen-bond acceptors (Lipinski definition) is 4. The average molecular weight is 496 g/mol. The topological polar surface area (TPSA) is 30.9 Å². The van der Waals surface area contributed by atoms with Gasteiger partial charge in [-0.25, -0.2) is 0 Å². The van der Waals surface area contributed by atoms with E-state index in [4.69, 9.17) is 13.3 Å². The summed E-state index contributed by atoms with van der Waals surface area (Å²) in [7, 11) is 6.95. The molecule has 0 aromatic heterocycles. The molecule has 0 aliphatic heterocycles. The molecular formula is C26H58ClNO3Si. The van der Waals surface area contributed by atoms with Crippen LogP contribution in [0.5, 0.6) is 0 Å². The molecule has 2 atom stereocenters. The van der Waals surface area contributed by atoms with Gasteiger partial charge in [0, 0.05) is 32.9 Å². The average Bonchev–Trinajstić information content (AvgIpc) is 2.78. The molecule has 0 saturated heterocycles. The quantitative estimate of drug-likeness (QED) is 0.105. The van der Waals surface area contributed by atoms with Crippen molar-refractivity contribution in [2.45, 2.75) is 135 Å². The van der Waals surface area contributed by atoms with E-state index in [0.29, 0.717) is 11.6 Å². The first-order valence-corrected chi connectivity index (χ1v) is 15.1. The Balaban J connectivity index is 0. The van der Waals surface area contributed by atoms with Gasteiger partial charge in [-0.1, -0.05) is 110 Å². The molecule has 0 aromatic rings. The number of hydrogen-bond donors (Lipinski definition) is 0. The second-order valence-corrected chi connectivity index (χ2v) is 12.7. The smallest absolute Gasteiger partial charge is 0.377 e. The van der Waals surface area contributed by atoms with Crippen LogP contribution < -0.4 is 0 Å². The van der Waals surface area contributed by atoms with Crippen LogP contribution in [0.4, 0.5) is 0 Å². The van der Waals surface area contributed by atoms with Crippen LogP contribution in [-0.2, 0) is 13.3 Å². The lowest BCUT2D eigenvalue weighted by molar-refractivity contribution is 0.0902. The van der Waals surface area contributed by atoms with Gasteiger partial charge in [0.05, 0.1) is 0 Å². The second-order valence-electron chi connectivity index (χ2n) is 9.50. The van der Waals surface area contributed by atoms with Crippen LogP contribution in [0.25, 0.3) is 0 Å². The lowest BCUT2D eigenvalue weighted by Crippen LogP contribution is -2.54. The van der Waals surface area contributed by atoms with E-state index in [9.17, 15) is 0 Å². The van der Waals surface area contributed by atoms with Gasteiger partial charge in [-0.2, -0.15) is 0 Å². The van der Waals surface area contributed by atoms with Gasteiger partial charge in [-0.15, -0.1) is 12.4 Å². The molecule has 196 valence electrons. The van der Waals surface area contributed by atoms with E-state index in [1.807, 2.05) is 0 Å². The Morgan fingerprint density at radius 1 is 0.594 bits per heavy atom. The third kappa shape index (κ3) is 14.6. The van der Waals surface area contributed by atoms with Crippen molar-refractivity contribution in [1.29, 1.82) is 0 Å². The molecule has 0 spiro atoms. The lowest BCUT2D eigenvalue weighted by Gasteiger charge is -2.39. The van der Waals surface area contributed by atoms with E-state index in [1.54, 1.807) is 21.3 Å². The molecule has 0 rings (SSSR count). The van der Waals surface area contributed by atoms with E-state index in [0.717, 1.165) is 6.42 Å². The van der Waals surface area contributed by atoms with Crippen LogP contribution in [0.1, 0.15) is 123 Å². The molecule has 0 N–H and O–H groups in total. The first-order chi connectivity index (χ1) is 15.0. The number of nitrogens with zero attached hydrogens (tertiary/aromatic N) is 1. The monoisotopic (exact) mass is 495 g/mol. The first kappa shape index (κ1) is 34.5. The highest BCUT2D eigenvalue weighted by Gasteiger charge is 2.50. The van der Waals surface area contributed by atoms with Crippen molar-refractivity contribution in [2.24, 2.45) is 0 Å². The summed E-state index contributed by atoms with van der Waals surface area (Å²) < 4.78 is 17.5. The molecule has 0 radical (unpaired) electrons. The summed E-state index contributed by atoms with van der Waals surface area (Å²) in [5.74, 6) is 0. The predicted octanol–water partition coefficient (Wildman–Crippen LogP) is 8.26. The van der Waals surface area contributed by atoms with Gasteiger partial charge >= 0.3 is 8.80 Å². The van der Waals surface area contributed by atoms with Crippen LogP contribution in [0, 0.1) is 0 Å². The summed E-state index contributed by atoms with van der Waals surface area (Å²) in [5, 5.41) is 0. The molecule has 0 aromatic carbocycles. The third-order valence-corrected chi connectivity index (χ3v) is 10.4. The SMILES string of the molecule is CCCCCCCCCCCCCCCCCC(C(CC)[Si](OC)(OC)OC)N(C)C.Cl. The summed E-state index contributed by atoms with van der Waals surface area (Å²) in [6.07, 6.45) is 23.3. The fourth-order valence-electron chi connectivity index (χ4n) is 5.01. The zero-order valence-electron chi connectivity index (χ0n) is 22.8. The summed E-state index contributed by atoms with van der Waals surface area (Å²) in [6, 6.07) is 0.443. The zero-order valence-corrected chi connectivity index (χ0v) is 24.6. The Bertz CT molecular complexity index is 376. The number of unbranched alkanes of at least 4 members (excludes halogenated alkanes) is 14. The number of rotatable bonds is 23. The van der Waals surface area contributed by atoms with Gasteiger partial charge in [0.2, 0.25) is 0 Å². The van der Waals surface area contributed by atoms with Crippen LogP contribution in [0.2, 0.25) is 5.54 Å². The van der Waals surface area contributed by atoms with E-state index in [1.165, 1.54) is 103 Å². The van der Waals surface area contributed by atoms with E-state index in [2.05, 4.69) is 32.8 Å². The van der Waals surface area contributed by atoms with Gasteiger partial charge in [0.1, 0.15) is 0 Å². The Labute approximate surface area is 209 Å². The largest absolute Gasteiger partial charge is 0.505 e. The van der Waals surface area contributed by atoms with Crippen LogP contribution >= 0.6 is 12.4 Å². The zero-order chi connectivity index (χ0) is 23.4. The van der Waals surface area contributed by atoms with Crippen LogP contribution in [0.15, 0.2) is 0 Å². The van der Waals surface area contributed by atoms with Crippen molar-refractivity contribution in [3.05, 3.63) is 0 Å². The van der Waals surface area contributed by atoms with E-state index >= 15 is 0 Å².